The number of benzene rings is 1. The topological polar surface area (TPSA) is 78.4 Å². The van der Waals surface area contributed by atoms with Gasteiger partial charge in [0, 0.05) is 19.0 Å². The van der Waals surface area contributed by atoms with Crippen molar-refractivity contribution in [2.24, 2.45) is 0 Å². The summed E-state index contributed by atoms with van der Waals surface area (Å²) < 4.78 is 52.1. The van der Waals surface area contributed by atoms with E-state index >= 15 is 0 Å². The highest BCUT2D eigenvalue weighted by Crippen LogP contribution is 2.23. The molecule has 0 spiro atoms. The lowest BCUT2D eigenvalue weighted by Crippen LogP contribution is -2.30. The van der Waals surface area contributed by atoms with E-state index in [1.807, 2.05) is 0 Å². The van der Waals surface area contributed by atoms with Crippen LogP contribution in [0.1, 0.15) is 12.8 Å². The van der Waals surface area contributed by atoms with Crippen LogP contribution in [0.4, 0.5) is 28.0 Å². The van der Waals surface area contributed by atoms with E-state index in [4.69, 9.17) is 5.11 Å². The first-order chi connectivity index (χ1) is 9.32. The third-order valence-electron chi connectivity index (χ3n) is 2.20. The number of carboxylic acids is 1. The molecule has 1 rings (SSSR count). The van der Waals surface area contributed by atoms with E-state index in [0.717, 1.165) is 0 Å². The number of carbonyl (C=O) groups is 2. The molecule has 0 heterocycles. The molecular weight excluding hydrogens is 284 g/mol. The highest BCUT2D eigenvalue weighted by atomic mass is 19.2. The van der Waals surface area contributed by atoms with Crippen LogP contribution in [0.3, 0.4) is 0 Å². The summed E-state index contributed by atoms with van der Waals surface area (Å²) in [5.74, 6) is -7.83. The average molecular weight is 294 g/mol. The predicted octanol–water partition coefficient (Wildman–Crippen LogP) is 2.23. The van der Waals surface area contributed by atoms with Crippen LogP contribution in [-0.4, -0.2) is 23.7 Å². The molecule has 0 aliphatic rings. The molecule has 0 unspecified atom stereocenters. The van der Waals surface area contributed by atoms with Gasteiger partial charge in [0.25, 0.3) is 0 Å². The van der Waals surface area contributed by atoms with Crippen molar-refractivity contribution < 1.29 is 32.3 Å². The molecule has 0 aliphatic heterocycles. The Kier molecular flexibility index (Phi) is 5.30. The van der Waals surface area contributed by atoms with Crippen molar-refractivity contribution in [3.8, 4) is 0 Å². The molecule has 5 nitrogen and oxygen atoms in total. The zero-order valence-corrected chi connectivity index (χ0v) is 9.97. The minimum atomic E-state index is -1.73. The molecule has 0 saturated carbocycles. The monoisotopic (exact) mass is 294 g/mol. The van der Waals surface area contributed by atoms with Crippen LogP contribution in [-0.2, 0) is 4.79 Å². The molecule has 0 fully saturated rings. The van der Waals surface area contributed by atoms with Gasteiger partial charge in [0.15, 0.2) is 23.3 Å². The third kappa shape index (κ3) is 4.11. The van der Waals surface area contributed by atoms with Crippen LogP contribution < -0.4 is 10.6 Å². The smallest absolute Gasteiger partial charge is 0.319 e. The van der Waals surface area contributed by atoms with Gasteiger partial charge >= 0.3 is 12.0 Å². The minimum absolute atomic E-state index is 0.0145. The Hall–Kier alpha value is -2.32. The van der Waals surface area contributed by atoms with Gasteiger partial charge in [-0.25, -0.2) is 22.4 Å². The Morgan fingerprint density at radius 3 is 2.15 bits per heavy atom. The summed E-state index contributed by atoms with van der Waals surface area (Å²) in [6.07, 6.45) is -0.122. The van der Waals surface area contributed by atoms with Gasteiger partial charge in [-0.05, 0) is 6.42 Å². The lowest BCUT2D eigenvalue weighted by Gasteiger charge is -2.09. The fourth-order valence-electron chi connectivity index (χ4n) is 1.28. The van der Waals surface area contributed by atoms with Gasteiger partial charge in [-0.2, -0.15) is 0 Å². The van der Waals surface area contributed by atoms with E-state index < -0.39 is 41.0 Å². The molecule has 1 aromatic rings. The Morgan fingerprint density at radius 2 is 1.65 bits per heavy atom. The minimum Gasteiger partial charge on any atom is -0.481 e. The van der Waals surface area contributed by atoms with Gasteiger partial charge in [0.1, 0.15) is 5.69 Å². The largest absolute Gasteiger partial charge is 0.481 e. The second-order valence-corrected chi connectivity index (χ2v) is 3.72. The molecule has 2 amide bonds. The number of urea groups is 1. The van der Waals surface area contributed by atoms with Crippen LogP contribution in [0, 0.1) is 23.3 Å². The van der Waals surface area contributed by atoms with E-state index in [0.29, 0.717) is 0 Å². The van der Waals surface area contributed by atoms with E-state index in [-0.39, 0.29) is 25.5 Å². The van der Waals surface area contributed by atoms with Crippen LogP contribution in [0.2, 0.25) is 0 Å². The molecule has 0 aromatic heterocycles. The number of halogens is 4. The van der Waals surface area contributed by atoms with E-state index in [1.54, 1.807) is 5.32 Å². The fraction of sp³-hybridized carbons (Fsp3) is 0.273. The molecule has 0 atom stereocenters. The lowest BCUT2D eigenvalue weighted by atomic mass is 10.2. The molecular formula is C11H10F4N2O3. The van der Waals surface area contributed by atoms with Crippen LogP contribution in [0.25, 0.3) is 0 Å². The van der Waals surface area contributed by atoms with Gasteiger partial charge in [0.2, 0.25) is 0 Å². The average Bonchev–Trinajstić information content (AvgIpc) is 2.37. The molecule has 0 saturated heterocycles. The first-order valence-corrected chi connectivity index (χ1v) is 5.42. The molecule has 3 N–H and O–H groups in total. The van der Waals surface area contributed by atoms with Crippen molar-refractivity contribution >= 4 is 17.7 Å². The maximum Gasteiger partial charge on any atom is 0.319 e. The number of anilines is 1. The Balaban J connectivity index is 2.65. The summed E-state index contributed by atoms with van der Waals surface area (Å²) >= 11 is 0. The number of amides is 2. The molecule has 0 bridgehead atoms. The molecule has 9 heteroatoms. The van der Waals surface area contributed by atoms with Crippen molar-refractivity contribution in [1.29, 1.82) is 0 Å². The number of hydrogen-bond acceptors (Lipinski definition) is 2. The van der Waals surface area contributed by atoms with Gasteiger partial charge in [-0.3, -0.25) is 4.79 Å². The van der Waals surface area contributed by atoms with Crippen molar-refractivity contribution in [1.82, 2.24) is 5.32 Å². The van der Waals surface area contributed by atoms with Gasteiger partial charge in [0.05, 0.1) is 0 Å². The summed E-state index contributed by atoms with van der Waals surface area (Å²) in [5, 5.41) is 12.0. The van der Waals surface area contributed by atoms with Crippen LogP contribution in [0.15, 0.2) is 6.07 Å². The Bertz CT molecular complexity index is 511. The third-order valence-corrected chi connectivity index (χ3v) is 2.20. The maximum absolute atomic E-state index is 13.2. The number of nitrogens with one attached hydrogen (secondary N) is 2. The normalized spacial score (nSPS) is 10.2. The highest BCUT2D eigenvalue weighted by molar-refractivity contribution is 5.89. The van der Waals surface area contributed by atoms with Crippen molar-refractivity contribution in [3.63, 3.8) is 0 Å². The summed E-state index contributed by atoms with van der Waals surface area (Å²) in [6, 6.07) is -1.10. The SMILES string of the molecule is O=C(O)CCCNC(=O)Nc1c(F)c(F)cc(F)c1F. The van der Waals surface area contributed by atoms with Crippen molar-refractivity contribution in [2.45, 2.75) is 12.8 Å². The predicted molar refractivity (Wildman–Crippen MR) is 60.2 cm³/mol. The van der Waals surface area contributed by atoms with Gasteiger partial charge in [-0.1, -0.05) is 0 Å². The molecule has 0 aliphatic carbocycles. The molecule has 110 valence electrons. The summed E-state index contributed by atoms with van der Waals surface area (Å²) in [4.78, 5) is 21.4. The first kappa shape index (κ1) is 15.7. The van der Waals surface area contributed by atoms with E-state index in [1.165, 1.54) is 0 Å². The molecule has 1 aromatic carbocycles. The highest BCUT2D eigenvalue weighted by Gasteiger charge is 2.20. The summed E-state index contributed by atoms with van der Waals surface area (Å²) in [6.45, 7) is -0.0842. The first-order valence-electron chi connectivity index (χ1n) is 5.42. The Labute approximate surface area is 110 Å². The second-order valence-electron chi connectivity index (χ2n) is 3.72. The standard InChI is InChI=1S/C11H10F4N2O3/c12-5-4-6(13)9(15)10(8(5)14)17-11(20)16-3-1-2-7(18)19/h4H,1-3H2,(H,18,19)(H2,16,17,20). The number of carbonyl (C=O) groups excluding carboxylic acids is 1. The number of carboxylic acid groups (broad SMARTS) is 1. The fourth-order valence-corrected chi connectivity index (χ4v) is 1.28. The lowest BCUT2D eigenvalue weighted by molar-refractivity contribution is -0.137. The molecule has 0 radical (unpaired) electrons. The maximum atomic E-state index is 13.2. The van der Waals surface area contributed by atoms with Gasteiger partial charge < -0.3 is 15.7 Å². The quantitative estimate of drug-likeness (QED) is 0.442. The summed E-state index contributed by atoms with van der Waals surface area (Å²) in [5.41, 5.74) is -1.25. The number of hydrogen-bond donors (Lipinski definition) is 3. The number of rotatable bonds is 5. The summed E-state index contributed by atoms with van der Waals surface area (Å²) in [7, 11) is 0. The Morgan fingerprint density at radius 1 is 1.10 bits per heavy atom. The zero-order chi connectivity index (χ0) is 15.3. The van der Waals surface area contributed by atoms with Crippen LogP contribution >= 0.6 is 0 Å². The van der Waals surface area contributed by atoms with Crippen molar-refractivity contribution in [2.75, 3.05) is 11.9 Å². The van der Waals surface area contributed by atoms with E-state index in [9.17, 15) is 27.2 Å². The second kappa shape index (κ2) is 6.73. The molecule has 20 heavy (non-hydrogen) atoms. The van der Waals surface area contributed by atoms with E-state index in [2.05, 4.69) is 5.32 Å². The van der Waals surface area contributed by atoms with Gasteiger partial charge in [-0.15, -0.1) is 0 Å². The zero-order valence-electron chi connectivity index (χ0n) is 9.97. The van der Waals surface area contributed by atoms with Crippen molar-refractivity contribution in [3.05, 3.63) is 29.3 Å². The van der Waals surface area contributed by atoms with Crippen LogP contribution in [0.5, 0.6) is 0 Å². The number of aliphatic carboxylic acids is 1.